The van der Waals surface area contributed by atoms with Crippen LogP contribution in [0.4, 0.5) is 14.9 Å². The average Bonchev–Trinajstić information content (AvgIpc) is 3.03. The van der Waals surface area contributed by atoms with E-state index in [9.17, 15) is 14.0 Å². The van der Waals surface area contributed by atoms with Gasteiger partial charge >= 0.3 is 6.09 Å². The van der Waals surface area contributed by atoms with Crippen LogP contribution in [0.5, 0.6) is 5.75 Å². The van der Waals surface area contributed by atoms with Gasteiger partial charge in [-0.1, -0.05) is 0 Å². The Morgan fingerprint density at radius 2 is 2.10 bits per heavy atom. The SMILES string of the molecule is CC(=O)NC[C@@H]1OC(=O)N2c3cc(F)c(C4CCN(CCO)CC4)cc3OC[C@@H]12. The minimum atomic E-state index is -0.556. The largest absolute Gasteiger partial charge is 0.489 e. The third-order valence-electron chi connectivity index (χ3n) is 5.95. The zero-order chi connectivity index (χ0) is 20.5. The van der Waals surface area contributed by atoms with E-state index in [1.165, 1.54) is 17.9 Å². The molecule has 2 amide bonds. The molecule has 0 radical (unpaired) electrons. The summed E-state index contributed by atoms with van der Waals surface area (Å²) in [5.74, 6) is -0.00811. The van der Waals surface area contributed by atoms with Gasteiger partial charge in [0.05, 0.1) is 18.8 Å². The number of carbonyl (C=O) groups excluding carboxylic acids is 2. The number of anilines is 1. The van der Waals surface area contributed by atoms with Gasteiger partial charge in [-0.05, 0) is 43.5 Å². The van der Waals surface area contributed by atoms with E-state index in [1.807, 2.05) is 0 Å². The highest BCUT2D eigenvalue weighted by atomic mass is 19.1. The number of nitrogens with zero attached hydrogens (tertiary/aromatic N) is 2. The first-order chi connectivity index (χ1) is 14.0. The topological polar surface area (TPSA) is 91.3 Å². The molecule has 0 aromatic heterocycles. The maximum Gasteiger partial charge on any atom is 0.415 e. The van der Waals surface area contributed by atoms with Gasteiger partial charge in [-0.2, -0.15) is 0 Å². The molecule has 0 unspecified atom stereocenters. The van der Waals surface area contributed by atoms with Gasteiger partial charge in [-0.3, -0.25) is 9.69 Å². The van der Waals surface area contributed by atoms with Crippen molar-refractivity contribution in [2.45, 2.75) is 37.8 Å². The Bertz CT molecular complexity index is 797. The number of hydrogen-bond donors (Lipinski definition) is 2. The Kier molecular flexibility index (Phi) is 5.60. The van der Waals surface area contributed by atoms with Crippen molar-refractivity contribution in [3.05, 3.63) is 23.5 Å². The van der Waals surface area contributed by atoms with E-state index in [0.717, 1.165) is 25.9 Å². The van der Waals surface area contributed by atoms with Crippen molar-refractivity contribution in [3.63, 3.8) is 0 Å². The van der Waals surface area contributed by atoms with E-state index < -0.39 is 18.2 Å². The van der Waals surface area contributed by atoms with Gasteiger partial charge in [0, 0.05) is 19.5 Å². The number of aliphatic hydroxyl groups excluding tert-OH is 1. The van der Waals surface area contributed by atoms with Crippen LogP contribution >= 0.6 is 0 Å². The van der Waals surface area contributed by atoms with Crippen molar-refractivity contribution in [2.75, 3.05) is 44.3 Å². The van der Waals surface area contributed by atoms with Crippen LogP contribution in [-0.2, 0) is 9.53 Å². The quantitative estimate of drug-likeness (QED) is 0.763. The number of halogens is 1. The Balaban J connectivity index is 1.52. The third kappa shape index (κ3) is 3.89. The molecule has 0 spiro atoms. The minimum Gasteiger partial charge on any atom is -0.489 e. The van der Waals surface area contributed by atoms with Gasteiger partial charge in [-0.15, -0.1) is 0 Å². The third-order valence-corrected chi connectivity index (χ3v) is 5.95. The van der Waals surface area contributed by atoms with Gasteiger partial charge in [-0.25, -0.2) is 9.18 Å². The number of nitrogens with one attached hydrogen (secondary N) is 1. The van der Waals surface area contributed by atoms with Crippen molar-refractivity contribution in [3.8, 4) is 5.75 Å². The Morgan fingerprint density at radius 1 is 1.34 bits per heavy atom. The highest BCUT2D eigenvalue weighted by Gasteiger charge is 2.47. The Hall–Kier alpha value is -2.39. The molecule has 2 atom stereocenters. The predicted octanol–water partition coefficient (Wildman–Crippen LogP) is 1.22. The van der Waals surface area contributed by atoms with Crippen molar-refractivity contribution in [1.82, 2.24) is 10.2 Å². The first-order valence-corrected chi connectivity index (χ1v) is 10.0. The van der Waals surface area contributed by atoms with Crippen LogP contribution in [0.2, 0.25) is 0 Å². The molecule has 2 saturated heterocycles. The maximum atomic E-state index is 15.0. The Labute approximate surface area is 168 Å². The molecule has 29 heavy (non-hydrogen) atoms. The number of piperidine rings is 1. The average molecular weight is 407 g/mol. The molecule has 3 aliphatic heterocycles. The van der Waals surface area contributed by atoms with E-state index >= 15 is 0 Å². The summed E-state index contributed by atoms with van der Waals surface area (Å²) in [7, 11) is 0. The number of amides is 2. The van der Waals surface area contributed by atoms with Crippen LogP contribution < -0.4 is 15.0 Å². The van der Waals surface area contributed by atoms with Crippen LogP contribution in [0.25, 0.3) is 0 Å². The number of hydrogen-bond acceptors (Lipinski definition) is 6. The fourth-order valence-electron chi connectivity index (χ4n) is 4.41. The lowest BCUT2D eigenvalue weighted by Crippen LogP contribution is -2.47. The number of benzene rings is 1. The smallest absolute Gasteiger partial charge is 0.415 e. The summed E-state index contributed by atoms with van der Waals surface area (Å²) in [4.78, 5) is 27.2. The van der Waals surface area contributed by atoms with E-state index in [1.54, 1.807) is 6.07 Å². The summed E-state index contributed by atoms with van der Waals surface area (Å²) < 4.78 is 26.3. The van der Waals surface area contributed by atoms with Gasteiger partial charge in [0.2, 0.25) is 5.91 Å². The van der Waals surface area contributed by atoms with Crippen molar-refractivity contribution in [2.24, 2.45) is 0 Å². The first kappa shape index (κ1) is 19.9. The number of ether oxygens (including phenoxy) is 2. The zero-order valence-electron chi connectivity index (χ0n) is 16.4. The molecule has 0 saturated carbocycles. The molecule has 2 fully saturated rings. The molecule has 1 aromatic rings. The van der Waals surface area contributed by atoms with Crippen LogP contribution in [0, 0.1) is 5.82 Å². The highest BCUT2D eigenvalue weighted by Crippen LogP contribution is 2.42. The number of carbonyl (C=O) groups is 2. The van der Waals surface area contributed by atoms with E-state index in [-0.39, 0.29) is 37.4 Å². The second-order valence-corrected chi connectivity index (χ2v) is 7.79. The fraction of sp³-hybridized carbons (Fsp3) is 0.600. The molecule has 0 bridgehead atoms. The molecular formula is C20H26FN3O5. The molecule has 3 heterocycles. The summed E-state index contributed by atoms with van der Waals surface area (Å²) >= 11 is 0. The van der Waals surface area contributed by atoms with Gasteiger partial charge in [0.1, 0.15) is 30.3 Å². The zero-order valence-corrected chi connectivity index (χ0v) is 16.4. The molecule has 0 aliphatic carbocycles. The molecule has 3 aliphatic rings. The molecule has 9 heteroatoms. The fourth-order valence-corrected chi connectivity index (χ4v) is 4.41. The predicted molar refractivity (Wildman–Crippen MR) is 103 cm³/mol. The summed E-state index contributed by atoms with van der Waals surface area (Å²) in [6, 6.07) is 2.66. The molecule has 1 aromatic carbocycles. The standard InChI is InChI=1S/C20H26FN3O5/c1-12(26)22-10-19-17-11-28-18-8-14(13-2-4-23(5-3-13)6-7-25)15(21)9-16(18)24(17)20(27)29-19/h8-9,13,17,19,25H,2-7,10-11H2,1H3,(H,22,26)/t17-,19-/m0/s1. The number of rotatable bonds is 5. The maximum absolute atomic E-state index is 15.0. The summed E-state index contributed by atoms with van der Waals surface area (Å²) in [5, 5.41) is 11.7. The van der Waals surface area contributed by atoms with Crippen LogP contribution in [-0.4, -0.2) is 73.5 Å². The second kappa shape index (κ2) is 8.16. The Morgan fingerprint density at radius 3 is 2.79 bits per heavy atom. The molecule has 158 valence electrons. The molecular weight excluding hydrogens is 381 g/mol. The number of likely N-dealkylation sites (tertiary alicyclic amines) is 1. The summed E-state index contributed by atoms with van der Waals surface area (Å²) in [6.45, 7) is 4.20. The lowest BCUT2D eigenvalue weighted by Gasteiger charge is -2.34. The van der Waals surface area contributed by atoms with Crippen LogP contribution in [0.1, 0.15) is 31.2 Å². The first-order valence-electron chi connectivity index (χ1n) is 10.0. The number of aliphatic hydroxyl groups is 1. The number of fused-ring (bicyclic) bond motifs is 3. The van der Waals surface area contributed by atoms with Crippen molar-refractivity contribution < 1.29 is 28.6 Å². The molecule has 2 N–H and O–H groups in total. The lowest BCUT2D eigenvalue weighted by molar-refractivity contribution is -0.119. The highest BCUT2D eigenvalue weighted by molar-refractivity contribution is 5.93. The lowest BCUT2D eigenvalue weighted by atomic mass is 9.88. The minimum absolute atomic E-state index is 0.0783. The van der Waals surface area contributed by atoms with E-state index in [4.69, 9.17) is 14.6 Å². The van der Waals surface area contributed by atoms with E-state index in [2.05, 4.69) is 10.2 Å². The summed E-state index contributed by atoms with van der Waals surface area (Å²) in [5.41, 5.74) is 0.976. The summed E-state index contributed by atoms with van der Waals surface area (Å²) in [6.07, 6.45) is 0.517. The number of β-amino-alcohol motifs (C(OH)–C–C–N with tert-alkyl or cyclic N) is 1. The van der Waals surface area contributed by atoms with Crippen molar-refractivity contribution >= 4 is 17.7 Å². The van der Waals surface area contributed by atoms with Crippen LogP contribution in [0.3, 0.4) is 0 Å². The van der Waals surface area contributed by atoms with Crippen molar-refractivity contribution in [1.29, 1.82) is 0 Å². The van der Waals surface area contributed by atoms with Gasteiger partial charge in [0.25, 0.3) is 0 Å². The second-order valence-electron chi connectivity index (χ2n) is 7.79. The van der Waals surface area contributed by atoms with Crippen LogP contribution in [0.15, 0.2) is 12.1 Å². The monoisotopic (exact) mass is 407 g/mol. The number of cyclic esters (lactones) is 1. The molecule has 8 nitrogen and oxygen atoms in total. The molecule has 4 rings (SSSR count). The normalized spacial score (nSPS) is 24.5. The van der Waals surface area contributed by atoms with Gasteiger partial charge in [0.15, 0.2) is 0 Å². The van der Waals surface area contributed by atoms with Gasteiger partial charge < -0.3 is 24.8 Å². The van der Waals surface area contributed by atoms with E-state index in [0.29, 0.717) is 23.5 Å².